The number of nitrogens with zero attached hydrogens (tertiary/aromatic N) is 2. The summed E-state index contributed by atoms with van der Waals surface area (Å²) in [7, 11) is 0. The van der Waals surface area contributed by atoms with Crippen LogP contribution in [-0.2, 0) is 0 Å². The van der Waals surface area contributed by atoms with E-state index in [0.29, 0.717) is 22.2 Å². The van der Waals surface area contributed by atoms with Gasteiger partial charge >= 0.3 is 0 Å². The van der Waals surface area contributed by atoms with E-state index in [0.717, 1.165) is 16.8 Å². The summed E-state index contributed by atoms with van der Waals surface area (Å²) in [6.07, 6.45) is 0. The number of hydrogen-bond acceptors (Lipinski definition) is 6. The minimum atomic E-state index is 0.515. The average Bonchev–Trinajstić information content (AvgIpc) is 2.86. The van der Waals surface area contributed by atoms with E-state index >= 15 is 0 Å². The number of thiophene rings is 1. The van der Waals surface area contributed by atoms with E-state index in [4.69, 9.17) is 14.7 Å². The first-order valence-electron chi connectivity index (χ1n) is 4.73. The van der Waals surface area contributed by atoms with E-state index in [1.54, 1.807) is 0 Å². The number of nitrogen functional groups attached to an aromatic ring is 1. The van der Waals surface area contributed by atoms with Crippen molar-refractivity contribution in [2.24, 2.45) is 0 Å². The first-order valence-corrected chi connectivity index (χ1v) is 5.61. The Bertz CT molecular complexity index is 645. The molecule has 0 saturated heterocycles. The van der Waals surface area contributed by atoms with E-state index in [1.807, 2.05) is 19.2 Å². The van der Waals surface area contributed by atoms with Gasteiger partial charge in [0.2, 0.25) is 5.89 Å². The molecule has 0 aliphatic heterocycles. The molecule has 2 N–H and O–H groups in total. The fourth-order valence-corrected chi connectivity index (χ4v) is 2.31. The average molecular weight is 235 g/mol. The fourth-order valence-electron chi connectivity index (χ4n) is 1.66. The molecule has 6 heteroatoms. The summed E-state index contributed by atoms with van der Waals surface area (Å²) in [6.45, 7) is 3.68. The SMILES string of the molecule is Cc1noc(C)c1-c1nc2csc(N)c2o1. The normalized spacial score (nSPS) is 11.4. The first-order chi connectivity index (χ1) is 7.66. The lowest BCUT2D eigenvalue weighted by molar-refractivity contribution is 0.393. The fraction of sp³-hybridized carbons (Fsp3) is 0.200. The second-order valence-electron chi connectivity index (χ2n) is 3.53. The van der Waals surface area contributed by atoms with Gasteiger partial charge in [-0.3, -0.25) is 0 Å². The molecule has 0 aliphatic carbocycles. The highest BCUT2D eigenvalue weighted by molar-refractivity contribution is 7.15. The van der Waals surface area contributed by atoms with Crippen LogP contribution in [0, 0.1) is 13.8 Å². The molecule has 3 rings (SSSR count). The van der Waals surface area contributed by atoms with Gasteiger partial charge in [-0.05, 0) is 13.8 Å². The van der Waals surface area contributed by atoms with Crippen molar-refractivity contribution in [2.75, 3.05) is 5.73 Å². The van der Waals surface area contributed by atoms with Gasteiger partial charge in [0.1, 0.15) is 21.8 Å². The van der Waals surface area contributed by atoms with E-state index in [1.165, 1.54) is 11.3 Å². The zero-order valence-electron chi connectivity index (χ0n) is 8.77. The largest absolute Gasteiger partial charge is 0.433 e. The monoisotopic (exact) mass is 235 g/mol. The maximum atomic E-state index is 5.76. The minimum Gasteiger partial charge on any atom is -0.433 e. The van der Waals surface area contributed by atoms with Crippen molar-refractivity contribution in [3.63, 3.8) is 0 Å². The molecule has 3 aromatic heterocycles. The van der Waals surface area contributed by atoms with Crippen molar-refractivity contribution in [2.45, 2.75) is 13.8 Å². The second kappa shape index (κ2) is 3.08. The van der Waals surface area contributed by atoms with Crippen molar-refractivity contribution in [1.82, 2.24) is 10.1 Å². The smallest absolute Gasteiger partial charge is 0.233 e. The predicted molar refractivity (Wildman–Crippen MR) is 61.3 cm³/mol. The molecule has 0 fully saturated rings. The molecule has 0 atom stereocenters. The minimum absolute atomic E-state index is 0.515. The molecule has 0 amide bonds. The molecule has 0 saturated carbocycles. The second-order valence-corrected chi connectivity index (χ2v) is 4.44. The Morgan fingerprint density at radius 3 is 2.81 bits per heavy atom. The molecule has 3 heterocycles. The summed E-state index contributed by atoms with van der Waals surface area (Å²) in [6, 6.07) is 0. The first kappa shape index (κ1) is 9.41. The van der Waals surface area contributed by atoms with Crippen LogP contribution in [0.4, 0.5) is 5.00 Å². The van der Waals surface area contributed by atoms with Crippen LogP contribution < -0.4 is 5.73 Å². The molecule has 3 aromatic rings. The number of aryl methyl sites for hydroxylation is 2. The molecule has 0 spiro atoms. The van der Waals surface area contributed by atoms with E-state index in [2.05, 4.69) is 10.1 Å². The van der Waals surface area contributed by atoms with Gasteiger partial charge in [0, 0.05) is 5.38 Å². The molecule has 16 heavy (non-hydrogen) atoms. The number of hydrogen-bond donors (Lipinski definition) is 1. The van der Waals surface area contributed by atoms with Gasteiger partial charge in [0.25, 0.3) is 0 Å². The van der Waals surface area contributed by atoms with Crippen molar-refractivity contribution in [3.8, 4) is 11.5 Å². The third-order valence-corrected chi connectivity index (χ3v) is 3.20. The van der Waals surface area contributed by atoms with Crippen LogP contribution >= 0.6 is 11.3 Å². The van der Waals surface area contributed by atoms with E-state index in [9.17, 15) is 0 Å². The zero-order valence-corrected chi connectivity index (χ0v) is 9.59. The van der Waals surface area contributed by atoms with Gasteiger partial charge < -0.3 is 14.7 Å². The van der Waals surface area contributed by atoms with Gasteiger partial charge in [-0.1, -0.05) is 5.16 Å². The number of aromatic nitrogens is 2. The Hall–Kier alpha value is -1.82. The van der Waals surface area contributed by atoms with Crippen LogP contribution in [0.1, 0.15) is 11.5 Å². The summed E-state index contributed by atoms with van der Waals surface area (Å²) >= 11 is 1.42. The van der Waals surface area contributed by atoms with Crippen LogP contribution in [0.3, 0.4) is 0 Å². The molecule has 0 aliphatic rings. The maximum absolute atomic E-state index is 5.76. The van der Waals surface area contributed by atoms with Gasteiger partial charge in [-0.15, -0.1) is 11.3 Å². The highest BCUT2D eigenvalue weighted by atomic mass is 32.1. The molecule has 0 aromatic carbocycles. The van der Waals surface area contributed by atoms with Crippen LogP contribution in [0.25, 0.3) is 22.6 Å². The van der Waals surface area contributed by atoms with Crippen molar-refractivity contribution >= 4 is 27.4 Å². The molecule has 0 bridgehead atoms. The third-order valence-electron chi connectivity index (χ3n) is 2.42. The van der Waals surface area contributed by atoms with Crippen molar-refractivity contribution in [1.29, 1.82) is 0 Å². The van der Waals surface area contributed by atoms with E-state index in [-0.39, 0.29) is 0 Å². The molecule has 82 valence electrons. The standard InChI is InChI=1S/C10H9N3O2S/c1-4-7(5(2)15-13-4)10-12-6-3-16-9(11)8(6)14-10/h3H,11H2,1-2H3. The van der Waals surface area contributed by atoms with Gasteiger partial charge in [0.05, 0.1) is 5.69 Å². The summed E-state index contributed by atoms with van der Waals surface area (Å²) < 4.78 is 10.7. The number of nitrogens with two attached hydrogens (primary N) is 1. The van der Waals surface area contributed by atoms with Crippen molar-refractivity contribution < 1.29 is 8.94 Å². The Labute approximate surface area is 94.9 Å². The maximum Gasteiger partial charge on any atom is 0.233 e. The number of oxazole rings is 1. The molecule has 0 unspecified atom stereocenters. The Morgan fingerprint density at radius 2 is 2.19 bits per heavy atom. The molecular weight excluding hydrogens is 226 g/mol. The summed E-state index contributed by atoms with van der Waals surface area (Å²) in [5.41, 5.74) is 8.75. The molecule has 5 nitrogen and oxygen atoms in total. The molecular formula is C10H9N3O2S. The Kier molecular flexibility index (Phi) is 1.81. The third kappa shape index (κ3) is 1.16. The highest BCUT2D eigenvalue weighted by Crippen LogP contribution is 2.34. The highest BCUT2D eigenvalue weighted by Gasteiger charge is 2.19. The number of fused-ring (bicyclic) bond motifs is 1. The van der Waals surface area contributed by atoms with Crippen LogP contribution in [0.5, 0.6) is 0 Å². The van der Waals surface area contributed by atoms with Gasteiger partial charge in [-0.2, -0.15) is 0 Å². The number of anilines is 1. The van der Waals surface area contributed by atoms with Gasteiger partial charge in [0.15, 0.2) is 5.58 Å². The zero-order chi connectivity index (χ0) is 11.3. The van der Waals surface area contributed by atoms with Crippen LogP contribution in [-0.4, -0.2) is 10.1 Å². The number of rotatable bonds is 1. The predicted octanol–water partition coefficient (Wildman–Crippen LogP) is 2.74. The summed E-state index contributed by atoms with van der Waals surface area (Å²) in [5.74, 6) is 1.21. The lowest BCUT2D eigenvalue weighted by Crippen LogP contribution is -1.81. The van der Waals surface area contributed by atoms with Crippen molar-refractivity contribution in [3.05, 3.63) is 16.8 Å². The Balaban J connectivity index is 2.26. The van der Waals surface area contributed by atoms with Crippen LogP contribution in [0.2, 0.25) is 0 Å². The van der Waals surface area contributed by atoms with E-state index < -0.39 is 0 Å². The lowest BCUT2D eigenvalue weighted by atomic mass is 10.2. The van der Waals surface area contributed by atoms with Crippen LogP contribution in [0.15, 0.2) is 14.3 Å². The Morgan fingerprint density at radius 1 is 1.38 bits per heavy atom. The van der Waals surface area contributed by atoms with Gasteiger partial charge in [-0.25, -0.2) is 4.98 Å². The quantitative estimate of drug-likeness (QED) is 0.701. The molecule has 0 radical (unpaired) electrons. The summed E-state index contributed by atoms with van der Waals surface area (Å²) in [4.78, 5) is 4.36. The topological polar surface area (TPSA) is 78.1 Å². The lowest BCUT2D eigenvalue weighted by Gasteiger charge is -1.91. The summed E-state index contributed by atoms with van der Waals surface area (Å²) in [5, 5.41) is 6.38.